The van der Waals surface area contributed by atoms with Crippen LogP contribution >= 0.6 is 0 Å². The van der Waals surface area contributed by atoms with Crippen molar-refractivity contribution < 1.29 is 13.3 Å². The van der Waals surface area contributed by atoms with Gasteiger partial charge in [0.25, 0.3) is 5.69 Å². The van der Waals surface area contributed by atoms with Crippen molar-refractivity contribution in [2.24, 2.45) is 0 Å². The number of nitrogens with one attached hydrogen (secondary N) is 1. The number of non-ortho nitro benzene ring substituents is 1. The van der Waals surface area contributed by atoms with Crippen LogP contribution in [-0.4, -0.2) is 19.4 Å². The maximum atomic E-state index is 12.3. The zero-order valence-corrected chi connectivity index (χ0v) is 13.3. The minimum Gasteiger partial charge on any atom is -0.258 e. The van der Waals surface area contributed by atoms with Gasteiger partial charge < -0.3 is 0 Å². The summed E-state index contributed by atoms with van der Waals surface area (Å²) in [6.07, 6.45) is 7.37. The van der Waals surface area contributed by atoms with Crippen molar-refractivity contribution in [1.82, 2.24) is 4.72 Å². The summed E-state index contributed by atoms with van der Waals surface area (Å²) in [7, 11) is -3.48. The van der Waals surface area contributed by atoms with E-state index in [-0.39, 0.29) is 17.5 Å². The van der Waals surface area contributed by atoms with Gasteiger partial charge in [-0.1, -0.05) is 44.2 Å². The van der Waals surface area contributed by atoms with Gasteiger partial charge in [0, 0.05) is 18.2 Å². The highest BCUT2D eigenvalue weighted by molar-refractivity contribution is 7.88. The molecule has 7 heteroatoms. The first kappa shape index (κ1) is 16.9. The molecule has 1 aromatic carbocycles. The molecule has 0 amide bonds. The monoisotopic (exact) mass is 326 g/mol. The van der Waals surface area contributed by atoms with Crippen LogP contribution in [0.2, 0.25) is 0 Å². The Morgan fingerprint density at radius 1 is 1.14 bits per heavy atom. The van der Waals surface area contributed by atoms with Gasteiger partial charge >= 0.3 is 0 Å². The third-order valence-corrected chi connectivity index (χ3v) is 5.34. The Kier molecular flexibility index (Phi) is 5.90. The molecule has 1 fully saturated rings. The minimum absolute atomic E-state index is 0.0102. The Balaban J connectivity index is 2.00. The molecule has 0 spiro atoms. The molecule has 2 rings (SSSR count). The Bertz CT molecular complexity index is 608. The van der Waals surface area contributed by atoms with Gasteiger partial charge in [-0.2, -0.15) is 0 Å². The summed E-state index contributed by atoms with van der Waals surface area (Å²) in [4.78, 5) is 10.2. The van der Waals surface area contributed by atoms with Crippen LogP contribution in [0, 0.1) is 10.1 Å². The predicted octanol–water partition coefficient (Wildman–Crippen LogP) is 3.13. The van der Waals surface area contributed by atoms with Crippen LogP contribution in [0.1, 0.15) is 50.5 Å². The summed E-state index contributed by atoms with van der Waals surface area (Å²) in [6.45, 7) is 0. The highest BCUT2D eigenvalue weighted by Gasteiger charge is 2.20. The van der Waals surface area contributed by atoms with E-state index in [1.54, 1.807) is 6.07 Å². The second-order valence-electron chi connectivity index (χ2n) is 5.85. The van der Waals surface area contributed by atoms with E-state index in [1.807, 2.05) is 0 Å². The molecule has 6 nitrogen and oxygen atoms in total. The van der Waals surface area contributed by atoms with Crippen molar-refractivity contribution in [2.45, 2.75) is 56.7 Å². The molecule has 122 valence electrons. The molecule has 1 N–H and O–H groups in total. The maximum Gasteiger partial charge on any atom is 0.269 e. The number of nitro groups is 1. The number of nitrogens with zero attached hydrogens (tertiary/aromatic N) is 1. The topological polar surface area (TPSA) is 89.3 Å². The molecule has 0 heterocycles. The molecule has 0 unspecified atom stereocenters. The molecule has 1 aliphatic carbocycles. The molecule has 0 saturated heterocycles. The smallest absolute Gasteiger partial charge is 0.258 e. The molecule has 1 aliphatic rings. The summed E-state index contributed by atoms with van der Waals surface area (Å²) < 4.78 is 27.3. The second kappa shape index (κ2) is 7.69. The zero-order chi connectivity index (χ0) is 16.0. The van der Waals surface area contributed by atoms with Gasteiger partial charge in [0.2, 0.25) is 10.0 Å². The van der Waals surface area contributed by atoms with Gasteiger partial charge in [0.15, 0.2) is 0 Å². The molecule has 0 radical (unpaired) electrons. The van der Waals surface area contributed by atoms with Crippen molar-refractivity contribution >= 4 is 15.7 Å². The van der Waals surface area contributed by atoms with Crippen molar-refractivity contribution in [2.75, 3.05) is 0 Å². The maximum absolute atomic E-state index is 12.3. The standard InChI is InChI=1S/C15H22N2O4S/c18-17(19)15-10-6-7-13(11-15)12-22(20,21)16-14-8-4-2-1-3-5-9-14/h6-7,10-11,14,16H,1-5,8-9,12H2. The quantitative estimate of drug-likeness (QED) is 0.665. The fourth-order valence-corrected chi connectivity index (χ4v) is 4.29. The molecule has 1 saturated carbocycles. The number of nitro benzene ring substituents is 1. The number of hydrogen-bond acceptors (Lipinski definition) is 4. The Morgan fingerprint density at radius 2 is 1.77 bits per heavy atom. The Morgan fingerprint density at radius 3 is 2.41 bits per heavy atom. The number of rotatable bonds is 5. The average molecular weight is 326 g/mol. The van der Waals surface area contributed by atoms with Crippen LogP contribution in [0.25, 0.3) is 0 Å². The van der Waals surface area contributed by atoms with E-state index in [0.29, 0.717) is 5.56 Å². The first-order valence-corrected chi connectivity index (χ1v) is 9.35. The predicted molar refractivity (Wildman–Crippen MR) is 85.0 cm³/mol. The number of sulfonamides is 1. The van der Waals surface area contributed by atoms with Crippen LogP contribution in [0.4, 0.5) is 5.69 Å². The van der Waals surface area contributed by atoms with Crippen LogP contribution in [-0.2, 0) is 15.8 Å². The lowest BCUT2D eigenvalue weighted by Gasteiger charge is -2.20. The summed E-state index contributed by atoms with van der Waals surface area (Å²) >= 11 is 0. The minimum atomic E-state index is -3.48. The molecule has 0 aliphatic heterocycles. The largest absolute Gasteiger partial charge is 0.269 e. The lowest BCUT2D eigenvalue weighted by Crippen LogP contribution is -2.36. The van der Waals surface area contributed by atoms with Crippen molar-refractivity contribution in [3.63, 3.8) is 0 Å². The van der Waals surface area contributed by atoms with Crippen LogP contribution in [0.15, 0.2) is 24.3 Å². The highest BCUT2D eigenvalue weighted by Crippen LogP contribution is 2.19. The van der Waals surface area contributed by atoms with Crippen LogP contribution in [0.5, 0.6) is 0 Å². The van der Waals surface area contributed by atoms with Gasteiger partial charge in [0.05, 0.1) is 10.7 Å². The molecule has 22 heavy (non-hydrogen) atoms. The first-order valence-electron chi connectivity index (χ1n) is 7.69. The fraction of sp³-hybridized carbons (Fsp3) is 0.600. The third kappa shape index (κ3) is 5.38. The van der Waals surface area contributed by atoms with E-state index in [9.17, 15) is 18.5 Å². The van der Waals surface area contributed by atoms with Gasteiger partial charge in [-0.15, -0.1) is 0 Å². The van der Waals surface area contributed by atoms with E-state index in [0.717, 1.165) is 38.5 Å². The number of hydrogen-bond donors (Lipinski definition) is 1. The van der Waals surface area contributed by atoms with Crippen LogP contribution in [0.3, 0.4) is 0 Å². The molecule has 1 aromatic rings. The van der Waals surface area contributed by atoms with E-state index in [2.05, 4.69) is 4.72 Å². The highest BCUT2D eigenvalue weighted by atomic mass is 32.2. The number of benzene rings is 1. The molecule has 0 aromatic heterocycles. The molecular weight excluding hydrogens is 304 g/mol. The average Bonchev–Trinajstić information content (AvgIpc) is 2.41. The van der Waals surface area contributed by atoms with Crippen molar-refractivity contribution in [1.29, 1.82) is 0 Å². The van der Waals surface area contributed by atoms with Crippen molar-refractivity contribution in [3.8, 4) is 0 Å². The van der Waals surface area contributed by atoms with E-state index >= 15 is 0 Å². The van der Waals surface area contributed by atoms with Gasteiger partial charge in [0.1, 0.15) is 0 Å². The Hall–Kier alpha value is -1.47. The summed E-state index contributed by atoms with van der Waals surface area (Å²) in [5, 5.41) is 10.7. The van der Waals surface area contributed by atoms with Gasteiger partial charge in [-0.3, -0.25) is 10.1 Å². The van der Waals surface area contributed by atoms with E-state index in [4.69, 9.17) is 0 Å². The third-order valence-electron chi connectivity index (χ3n) is 3.93. The van der Waals surface area contributed by atoms with Crippen LogP contribution < -0.4 is 4.72 Å². The lowest BCUT2D eigenvalue weighted by atomic mass is 9.97. The summed E-state index contributed by atoms with van der Waals surface area (Å²) in [6, 6.07) is 5.78. The fourth-order valence-electron chi connectivity index (χ4n) is 2.85. The van der Waals surface area contributed by atoms with E-state index in [1.165, 1.54) is 24.6 Å². The lowest BCUT2D eigenvalue weighted by molar-refractivity contribution is -0.384. The normalized spacial score (nSPS) is 17.6. The molecule has 0 atom stereocenters. The summed E-state index contributed by atoms with van der Waals surface area (Å²) in [5.41, 5.74) is 0.353. The summed E-state index contributed by atoms with van der Waals surface area (Å²) in [5.74, 6) is -0.217. The van der Waals surface area contributed by atoms with Gasteiger partial charge in [-0.05, 0) is 18.4 Å². The Labute approximate surface area is 131 Å². The zero-order valence-electron chi connectivity index (χ0n) is 12.5. The SMILES string of the molecule is O=[N+]([O-])c1cccc(CS(=O)(=O)NC2CCCCCCC2)c1. The molecule has 0 bridgehead atoms. The second-order valence-corrected chi connectivity index (χ2v) is 7.60. The van der Waals surface area contributed by atoms with Gasteiger partial charge in [-0.25, -0.2) is 13.1 Å². The van der Waals surface area contributed by atoms with Crippen molar-refractivity contribution in [3.05, 3.63) is 39.9 Å². The molecular formula is C15H22N2O4S. The first-order chi connectivity index (χ1) is 10.5. The van der Waals surface area contributed by atoms with E-state index < -0.39 is 14.9 Å².